The Morgan fingerprint density at radius 3 is 2.61 bits per heavy atom. The van der Waals surface area contributed by atoms with E-state index in [1.165, 1.54) is 16.7 Å². The van der Waals surface area contributed by atoms with E-state index in [1.807, 2.05) is 25.1 Å². The molecule has 190 valence electrons. The van der Waals surface area contributed by atoms with Crippen molar-refractivity contribution in [2.75, 3.05) is 25.5 Å². The first kappa shape index (κ1) is 25.9. The summed E-state index contributed by atoms with van der Waals surface area (Å²) in [5, 5.41) is 5.89. The molecule has 1 atom stereocenters. The van der Waals surface area contributed by atoms with Crippen LogP contribution in [0.2, 0.25) is 0 Å². The molecule has 0 saturated carbocycles. The number of likely N-dealkylation sites (tertiary alicyclic amines) is 1. The number of thiazole rings is 1. The fourth-order valence-electron chi connectivity index (χ4n) is 4.87. The van der Waals surface area contributed by atoms with Crippen LogP contribution in [0.1, 0.15) is 64.7 Å². The van der Waals surface area contributed by atoms with Crippen LogP contribution in [0.5, 0.6) is 0 Å². The highest BCUT2D eigenvalue weighted by Crippen LogP contribution is 2.34. The molecule has 0 aliphatic carbocycles. The molecule has 0 spiro atoms. The highest BCUT2D eigenvalue weighted by atomic mass is 32.1. The van der Waals surface area contributed by atoms with Gasteiger partial charge >= 0.3 is 0 Å². The molecule has 36 heavy (non-hydrogen) atoms. The van der Waals surface area contributed by atoms with E-state index in [0.717, 1.165) is 47.8 Å². The van der Waals surface area contributed by atoms with Crippen LogP contribution in [0, 0.1) is 13.8 Å². The number of hydrogen-bond acceptors (Lipinski definition) is 5. The minimum Gasteiger partial charge on any atom is -0.378 e. The van der Waals surface area contributed by atoms with Gasteiger partial charge in [0.1, 0.15) is 5.01 Å². The maximum atomic E-state index is 13.0. The van der Waals surface area contributed by atoms with Crippen molar-refractivity contribution in [2.24, 2.45) is 0 Å². The summed E-state index contributed by atoms with van der Waals surface area (Å²) < 4.78 is 0. The number of nitrogens with zero attached hydrogens (tertiary/aromatic N) is 3. The Morgan fingerprint density at radius 2 is 1.86 bits per heavy atom. The molecule has 3 aromatic rings. The van der Waals surface area contributed by atoms with Gasteiger partial charge in [-0.2, -0.15) is 0 Å². The summed E-state index contributed by atoms with van der Waals surface area (Å²) in [5.41, 5.74) is 7.17. The SMILES string of the molecule is Cc1cccc(C)c1Cc1csc(CNC(=O)CCC(=O)N2CCCC2c2cccc(N(C)C)c2)n1. The average molecular weight is 505 g/mol. The zero-order chi connectivity index (χ0) is 25.7. The number of anilines is 1. The highest BCUT2D eigenvalue weighted by molar-refractivity contribution is 7.09. The Kier molecular flexibility index (Phi) is 8.41. The second-order valence-corrected chi connectivity index (χ2v) is 10.7. The minimum atomic E-state index is -0.111. The summed E-state index contributed by atoms with van der Waals surface area (Å²) in [5.74, 6) is -0.0618. The molecule has 2 heterocycles. The van der Waals surface area contributed by atoms with Gasteiger partial charge in [0.15, 0.2) is 0 Å². The molecular weight excluding hydrogens is 468 g/mol. The minimum absolute atomic E-state index is 0.0491. The number of rotatable bonds is 9. The monoisotopic (exact) mass is 504 g/mol. The Balaban J connectivity index is 1.26. The molecule has 2 amide bonds. The molecule has 1 aliphatic rings. The average Bonchev–Trinajstić information content (AvgIpc) is 3.53. The third kappa shape index (κ3) is 6.32. The largest absolute Gasteiger partial charge is 0.378 e. The zero-order valence-corrected chi connectivity index (χ0v) is 22.5. The molecule has 0 bridgehead atoms. The van der Waals surface area contributed by atoms with Crippen molar-refractivity contribution in [1.29, 1.82) is 0 Å². The van der Waals surface area contributed by atoms with E-state index in [9.17, 15) is 9.59 Å². The number of carbonyl (C=O) groups excluding carboxylic acids is 2. The van der Waals surface area contributed by atoms with Crippen LogP contribution < -0.4 is 10.2 Å². The molecule has 7 heteroatoms. The van der Waals surface area contributed by atoms with Crippen LogP contribution >= 0.6 is 11.3 Å². The van der Waals surface area contributed by atoms with Gasteiger partial charge in [-0.3, -0.25) is 9.59 Å². The van der Waals surface area contributed by atoms with E-state index in [-0.39, 0.29) is 30.7 Å². The lowest BCUT2D eigenvalue weighted by Crippen LogP contribution is -2.32. The quantitative estimate of drug-likeness (QED) is 0.436. The van der Waals surface area contributed by atoms with Gasteiger partial charge < -0.3 is 15.1 Å². The van der Waals surface area contributed by atoms with Crippen molar-refractivity contribution in [3.05, 3.63) is 80.8 Å². The van der Waals surface area contributed by atoms with Crippen molar-refractivity contribution < 1.29 is 9.59 Å². The molecule has 4 rings (SSSR count). The molecule has 1 aliphatic heterocycles. The van der Waals surface area contributed by atoms with Gasteiger partial charge in [0.2, 0.25) is 11.8 Å². The molecule has 6 nitrogen and oxygen atoms in total. The van der Waals surface area contributed by atoms with Crippen molar-refractivity contribution in [2.45, 2.75) is 58.5 Å². The van der Waals surface area contributed by atoms with Gasteiger partial charge in [0.25, 0.3) is 0 Å². The van der Waals surface area contributed by atoms with Crippen LogP contribution in [0.25, 0.3) is 0 Å². The number of aromatic nitrogens is 1. The second kappa shape index (κ2) is 11.7. The van der Waals surface area contributed by atoms with Gasteiger partial charge in [0, 0.05) is 51.0 Å². The lowest BCUT2D eigenvalue weighted by molar-refractivity contribution is -0.134. The van der Waals surface area contributed by atoms with Gasteiger partial charge in [0.05, 0.1) is 18.3 Å². The van der Waals surface area contributed by atoms with E-state index in [4.69, 9.17) is 4.98 Å². The molecule has 1 fully saturated rings. The molecule has 1 aromatic heterocycles. The van der Waals surface area contributed by atoms with E-state index >= 15 is 0 Å². The summed E-state index contributed by atoms with van der Waals surface area (Å²) >= 11 is 1.56. The van der Waals surface area contributed by atoms with Crippen molar-refractivity contribution in [3.8, 4) is 0 Å². The third-order valence-corrected chi connectivity index (χ3v) is 7.85. The summed E-state index contributed by atoms with van der Waals surface area (Å²) in [6, 6.07) is 14.8. The Morgan fingerprint density at radius 1 is 1.11 bits per heavy atom. The normalized spacial score (nSPS) is 15.2. The summed E-state index contributed by atoms with van der Waals surface area (Å²) in [4.78, 5) is 34.2. The third-order valence-electron chi connectivity index (χ3n) is 6.95. The predicted molar refractivity (Wildman–Crippen MR) is 146 cm³/mol. The molecule has 1 N–H and O–H groups in total. The van der Waals surface area contributed by atoms with Crippen molar-refractivity contribution >= 4 is 28.8 Å². The predicted octanol–water partition coefficient (Wildman–Crippen LogP) is 5.18. The Labute approximate surface area is 218 Å². The number of carbonyl (C=O) groups is 2. The lowest BCUT2D eigenvalue weighted by Gasteiger charge is -2.26. The van der Waals surface area contributed by atoms with Crippen LogP contribution in [0.3, 0.4) is 0 Å². The maximum Gasteiger partial charge on any atom is 0.223 e. The first-order chi connectivity index (χ1) is 17.3. The lowest BCUT2D eigenvalue weighted by atomic mass is 9.99. The standard InChI is InChI=1S/C29H36N4O2S/c1-20-8-5-9-21(2)25(20)17-23-19-36-28(31-23)18-30-27(34)13-14-29(35)33-15-7-12-26(33)22-10-6-11-24(16-22)32(3)4/h5-6,8-11,16,19,26H,7,12-15,17-18H2,1-4H3,(H,30,34). The first-order valence-corrected chi connectivity index (χ1v) is 13.5. The van der Waals surface area contributed by atoms with Crippen molar-refractivity contribution in [1.82, 2.24) is 15.2 Å². The van der Waals surface area contributed by atoms with Crippen LogP contribution in [-0.2, 0) is 22.6 Å². The molecule has 1 unspecified atom stereocenters. The van der Waals surface area contributed by atoms with Crippen LogP contribution in [-0.4, -0.2) is 42.3 Å². The fraction of sp³-hybridized carbons (Fsp3) is 0.414. The summed E-state index contributed by atoms with van der Waals surface area (Å²) in [7, 11) is 4.04. The zero-order valence-electron chi connectivity index (χ0n) is 21.7. The maximum absolute atomic E-state index is 13.0. The Hall–Kier alpha value is -3.19. The van der Waals surface area contributed by atoms with Gasteiger partial charge in [-0.15, -0.1) is 11.3 Å². The number of aryl methyl sites for hydroxylation is 2. The van der Waals surface area contributed by atoms with E-state index in [1.54, 1.807) is 11.3 Å². The van der Waals surface area contributed by atoms with Gasteiger partial charge in [-0.05, 0) is 61.1 Å². The van der Waals surface area contributed by atoms with E-state index in [0.29, 0.717) is 6.54 Å². The molecule has 1 saturated heterocycles. The smallest absolute Gasteiger partial charge is 0.223 e. The Bertz CT molecular complexity index is 1200. The van der Waals surface area contributed by atoms with E-state index in [2.05, 4.69) is 65.8 Å². The van der Waals surface area contributed by atoms with Gasteiger partial charge in [-0.1, -0.05) is 30.3 Å². The van der Waals surface area contributed by atoms with Crippen LogP contribution in [0.4, 0.5) is 5.69 Å². The number of amides is 2. The fourth-order valence-corrected chi connectivity index (χ4v) is 5.60. The van der Waals surface area contributed by atoms with E-state index < -0.39 is 0 Å². The van der Waals surface area contributed by atoms with Gasteiger partial charge in [-0.25, -0.2) is 4.98 Å². The summed E-state index contributed by atoms with van der Waals surface area (Å²) in [6.07, 6.45) is 3.17. The second-order valence-electron chi connectivity index (χ2n) is 9.79. The number of hydrogen-bond donors (Lipinski definition) is 1. The molecular formula is C29H36N4O2S. The molecule has 2 aromatic carbocycles. The van der Waals surface area contributed by atoms with Crippen molar-refractivity contribution in [3.63, 3.8) is 0 Å². The van der Waals surface area contributed by atoms with Crippen LogP contribution in [0.15, 0.2) is 47.8 Å². The topological polar surface area (TPSA) is 65.5 Å². The number of nitrogens with one attached hydrogen (secondary N) is 1. The molecule has 0 radical (unpaired) electrons. The first-order valence-electron chi connectivity index (χ1n) is 12.6. The summed E-state index contributed by atoms with van der Waals surface area (Å²) in [6.45, 7) is 5.40. The highest BCUT2D eigenvalue weighted by Gasteiger charge is 2.30. The number of benzene rings is 2.